The zero-order valence-electron chi connectivity index (χ0n) is 8.01. The van der Waals surface area contributed by atoms with Gasteiger partial charge in [0.1, 0.15) is 0 Å². The van der Waals surface area contributed by atoms with Gasteiger partial charge in [0, 0.05) is 4.92 Å². The minimum atomic E-state index is -3.54. The van der Waals surface area contributed by atoms with E-state index < -0.39 is 24.2 Å². The van der Waals surface area contributed by atoms with Crippen molar-refractivity contribution in [3.63, 3.8) is 0 Å². The van der Waals surface area contributed by atoms with Crippen molar-refractivity contribution in [3.8, 4) is 0 Å². The van der Waals surface area contributed by atoms with Gasteiger partial charge in [-0.2, -0.15) is 0 Å². The van der Waals surface area contributed by atoms with Crippen LogP contribution in [0.25, 0.3) is 0 Å². The van der Waals surface area contributed by atoms with E-state index in [-0.39, 0.29) is 13.2 Å². The maximum atomic E-state index is 11.8. The van der Waals surface area contributed by atoms with E-state index in [2.05, 4.69) is 0 Å². The summed E-state index contributed by atoms with van der Waals surface area (Å²) in [5.74, 6) is 0. The predicted molar refractivity (Wildman–Crippen MR) is 52.4 cm³/mol. The van der Waals surface area contributed by atoms with Gasteiger partial charge in [-0.3, -0.25) is 14.7 Å². The Kier molecular flexibility index (Phi) is 6.27. The molecule has 6 nitrogen and oxygen atoms in total. The molecule has 0 aliphatic heterocycles. The molecule has 0 aliphatic carbocycles. The first kappa shape index (κ1) is 13.8. The molecule has 0 N–H and O–H groups in total. The summed E-state index contributed by atoms with van der Waals surface area (Å²) >= 11 is 5.59. The molecule has 14 heavy (non-hydrogen) atoms. The second kappa shape index (κ2) is 6.35. The van der Waals surface area contributed by atoms with Crippen molar-refractivity contribution in [1.82, 2.24) is 0 Å². The molecule has 0 spiro atoms. The molecule has 0 radical (unpaired) electrons. The van der Waals surface area contributed by atoms with Crippen molar-refractivity contribution in [2.45, 2.75) is 19.0 Å². The maximum absolute atomic E-state index is 11.8. The monoisotopic (exact) mass is 245 g/mol. The summed E-state index contributed by atoms with van der Waals surface area (Å²) in [6.07, 6.45) is 0. The van der Waals surface area contributed by atoms with Gasteiger partial charge < -0.3 is 9.05 Å². The molecule has 0 fully saturated rings. The molecule has 0 amide bonds. The second-order valence-corrected chi connectivity index (χ2v) is 5.38. The van der Waals surface area contributed by atoms with Crippen LogP contribution in [0.3, 0.4) is 0 Å². The molecule has 0 heterocycles. The third-order valence-corrected chi connectivity index (χ3v) is 4.20. The molecule has 0 aliphatic rings. The molecule has 0 saturated heterocycles. The van der Waals surface area contributed by atoms with Gasteiger partial charge in [-0.05, 0) is 13.8 Å². The van der Waals surface area contributed by atoms with Crippen LogP contribution in [0.15, 0.2) is 0 Å². The zero-order chi connectivity index (χ0) is 11.2. The summed E-state index contributed by atoms with van der Waals surface area (Å²) in [6.45, 7) is 2.86. The van der Waals surface area contributed by atoms with E-state index >= 15 is 0 Å². The quantitative estimate of drug-likeness (QED) is 0.297. The first-order chi connectivity index (χ1) is 6.46. The van der Waals surface area contributed by atoms with Crippen LogP contribution in [0.2, 0.25) is 0 Å². The Morgan fingerprint density at radius 2 is 1.86 bits per heavy atom. The molecular formula is C6H13ClNO5P. The summed E-state index contributed by atoms with van der Waals surface area (Å²) < 4.78 is 21.4. The fraction of sp³-hybridized carbons (Fsp3) is 1.00. The molecule has 0 aromatic heterocycles. The van der Waals surface area contributed by atoms with E-state index in [4.69, 9.17) is 20.6 Å². The van der Waals surface area contributed by atoms with Crippen molar-refractivity contribution < 1.29 is 18.5 Å². The lowest BCUT2D eigenvalue weighted by Crippen LogP contribution is -2.17. The minimum Gasteiger partial charge on any atom is -0.308 e. The van der Waals surface area contributed by atoms with Gasteiger partial charge in [0.05, 0.1) is 13.2 Å². The molecular weight excluding hydrogens is 232 g/mol. The molecule has 0 saturated carbocycles. The number of alkyl halides is 1. The lowest BCUT2D eigenvalue weighted by Gasteiger charge is -2.18. The fourth-order valence-electron chi connectivity index (χ4n) is 0.782. The van der Waals surface area contributed by atoms with Crippen molar-refractivity contribution in [1.29, 1.82) is 0 Å². The summed E-state index contributed by atoms with van der Waals surface area (Å²) in [6, 6.07) is 0. The van der Waals surface area contributed by atoms with Crippen LogP contribution in [-0.2, 0) is 13.6 Å². The Labute approximate surface area is 87.2 Å². The van der Waals surface area contributed by atoms with Crippen LogP contribution in [0, 0.1) is 10.1 Å². The number of hydrogen-bond acceptors (Lipinski definition) is 5. The molecule has 8 heteroatoms. The highest BCUT2D eigenvalue weighted by Crippen LogP contribution is 2.54. The van der Waals surface area contributed by atoms with Gasteiger partial charge in [-0.15, -0.1) is 11.6 Å². The maximum Gasteiger partial charge on any atom is 0.355 e. The fourth-order valence-corrected chi connectivity index (χ4v) is 2.68. The smallest absolute Gasteiger partial charge is 0.308 e. The molecule has 1 unspecified atom stereocenters. The average Bonchev–Trinajstić information content (AvgIpc) is 2.03. The Hall–Kier alpha value is -0.160. The van der Waals surface area contributed by atoms with Gasteiger partial charge in [0.2, 0.25) is 6.54 Å². The molecule has 0 aromatic carbocycles. The van der Waals surface area contributed by atoms with Gasteiger partial charge in [-0.25, -0.2) is 0 Å². The molecule has 1 atom stereocenters. The van der Waals surface area contributed by atoms with Gasteiger partial charge in [0.15, 0.2) is 5.12 Å². The largest absolute Gasteiger partial charge is 0.355 e. The number of nitro groups is 1. The van der Waals surface area contributed by atoms with Crippen molar-refractivity contribution in [2.24, 2.45) is 0 Å². The Balaban J connectivity index is 4.46. The van der Waals surface area contributed by atoms with Crippen LogP contribution >= 0.6 is 19.2 Å². The Bertz CT molecular complexity index is 226. The molecule has 0 rings (SSSR count). The summed E-state index contributed by atoms with van der Waals surface area (Å²) in [7, 11) is -3.54. The zero-order valence-corrected chi connectivity index (χ0v) is 9.66. The molecule has 0 bridgehead atoms. The van der Waals surface area contributed by atoms with Gasteiger partial charge in [0.25, 0.3) is 0 Å². The molecule has 0 aromatic rings. The van der Waals surface area contributed by atoms with E-state index in [1.165, 1.54) is 0 Å². The van der Waals surface area contributed by atoms with Gasteiger partial charge in [-0.1, -0.05) is 0 Å². The first-order valence-electron chi connectivity index (χ1n) is 4.11. The van der Waals surface area contributed by atoms with Crippen LogP contribution in [-0.4, -0.2) is 29.8 Å². The Morgan fingerprint density at radius 1 is 1.43 bits per heavy atom. The normalized spacial score (nSPS) is 13.9. The third-order valence-electron chi connectivity index (χ3n) is 1.26. The summed E-state index contributed by atoms with van der Waals surface area (Å²) in [5, 5.41) is 8.92. The van der Waals surface area contributed by atoms with Crippen molar-refractivity contribution >= 4 is 19.2 Å². The highest BCUT2D eigenvalue weighted by atomic mass is 35.5. The number of rotatable bonds is 7. The predicted octanol–water partition coefficient (Wildman–Crippen LogP) is 2.09. The summed E-state index contributed by atoms with van der Waals surface area (Å²) in [4.78, 5) is 9.50. The number of halogens is 1. The average molecular weight is 246 g/mol. The van der Waals surface area contributed by atoms with E-state index in [1.54, 1.807) is 13.8 Å². The second-order valence-electron chi connectivity index (χ2n) is 2.33. The number of nitrogens with zero attached hydrogens (tertiary/aromatic N) is 1. The lowest BCUT2D eigenvalue weighted by atomic mass is 10.8. The lowest BCUT2D eigenvalue weighted by molar-refractivity contribution is -0.477. The van der Waals surface area contributed by atoms with E-state index in [9.17, 15) is 14.7 Å². The number of hydrogen-bond donors (Lipinski definition) is 0. The highest BCUT2D eigenvalue weighted by Gasteiger charge is 2.37. The molecule has 84 valence electrons. The highest BCUT2D eigenvalue weighted by molar-refractivity contribution is 7.56. The van der Waals surface area contributed by atoms with Crippen LogP contribution in [0.5, 0.6) is 0 Å². The van der Waals surface area contributed by atoms with E-state index in [0.29, 0.717) is 0 Å². The first-order valence-corrected chi connectivity index (χ1v) is 6.15. The third kappa shape index (κ3) is 4.37. The minimum absolute atomic E-state index is 0.137. The van der Waals surface area contributed by atoms with E-state index in [1.807, 2.05) is 0 Å². The van der Waals surface area contributed by atoms with E-state index in [0.717, 1.165) is 0 Å². The van der Waals surface area contributed by atoms with Crippen LogP contribution in [0.1, 0.15) is 13.8 Å². The van der Waals surface area contributed by atoms with Crippen molar-refractivity contribution in [3.05, 3.63) is 10.1 Å². The topological polar surface area (TPSA) is 78.7 Å². The van der Waals surface area contributed by atoms with Gasteiger partial charge >= 0.3 is 7.60 Å². The summed E-state index contributed by atoms with van der Waals surface area (Å²) in [5.41, 5.74) is 0. The van der Waals surface area contributed by atoms with Crippen LogP contribution < -0.4 is 0 Å². The standard InChI is InChI=1S/C6H13ClNO5P/c1-3-12-14(11,13-4-2)6(7)5-8(9)10/h6H,3-5H2,1-2H3. The Morgan fingerprint density at radius 3 is 2.14 bits per heavy atom. The van der Waals surface area contributed by atoms with Crippen LogP contribution in [0.4, 0.5) is 0 Å². The van der Waals surface area contributed by atoms with Crippen molar-refractivity contribution in [2.75, 3.05) is 19.8 Å². The SMILES string of the molecule is CCOP(=O)(OCC)C(Cl)C[N+](=O)[O-].